The molecule has 0 aliphatic carbocycles. The van der Waals surface area contributed by atoms with Gasteiger partial charge in [0.1, 0.15) is 5.75 Å². The average molecular weight is 494 g/mol. The Bertz CT molecular complexity index is 786. The fourth-order valence-corrected chi connectivity index (χ4v) is 3.50. The van der Waals surface area contributed by atoms with Crippen molar-refractivity contribution in [2.24, 2.45) is 10.7 Å². The summed E-state index contributed by atoms with van der Waals surface area (Å²) in [5.74, 6) is 1.33. The smallest absolute Gasteiger partial charge is 0.193 e. The number of hydrogen-bond donors (Lipinski definition) is 2. The number of halogens is 1. The second kappa shape index (κ2) is 10.7. The molecule has 3 rings (SSSR count). The lowest BCUT2D eigenvalue weighted by atomic mass is 10.1. The first-order chi connectivity index (χ1) is 13.1. The third-order valence-corrected chi connectivity index (χ3v) is 5.30. The van der Waals surface area contributed by atoms with Gasteiger partial charge in [-0.2, -0.15) is 0 Å². The first-order valence-electron chi connectivity index (χ1n) is 9.59. The van der Waals surface area contributed by atoms with Crippen molar-refractivity contribution in [2.45, 2.75) is 32.7 Å². The summed E-state index contributed by atoms with van der Waals surface area (Å²) in [7, 11) is 1.69. The summed E-state index contributed by atoms with van der Waals surface area (Å²) in [5.41, 5.74) is 10.9. The highest BCUT2D eigenvalue weighted by atomic mass is 127. The van der Waals surface area contributed by atoms with Crippen molar-refractivity contribution in [3.8, 4) is 5.75 Å². The molecule has 0 radical (unpaired) electrons. The highest BCUT2D eigenvalue weighted by Crippen LogP contribution is 2.27. The molecule has 1 fully saturated rings. The molecule has 1 atom stereocenters. The van der Waals surface area contributed by atoms with E-state index in [2.05, 4.69) is 53.3 Å². The lowest BCUT2D eigenvalue weighted by Crippen LogP contribution is -2.30. The Labute approximate surface area is 185 Å². The minimum absolute atomic E-state index is 0. The molecule has 5 nitrogen and oxygen atoms in total. The summed E-state index contributed by atoms with van der Waals surface area (Å²) in [6.07, 6.45) is 2.49. The molecule has 152 valence electrons. The molecular weight excluding hydrogens is 463 g/mol. The standard InChI is InChI=1S/C22H30N4O.HI/c1-16-6-9-19(14-17(16)2)25-22(23)24-15-21(26-12-4-5-13-26)18-7-10-20(27-3)11-8-18;/h6-11,14,21H,4-5,12-13,15H2,1-3H3,(H3,23,24,25);1H. The van der Waals surface area contributed by atoms with Crippen LogP contribution in [0.25, 0.3) is 0 Å². The minimum atomic E-state index is 0. The SMILES string of the molecule is COc1ccc(C(CN=C(N)Nc2ccc(C)c(C)c2)N2CCCC2)cc1.I. The Kier molecular flexibility index (Phi) is 8.57. The molecule has 6 heteroatoms. The molecule has 0 saturated carbocycles. The van der Waals surface area contributed by atoms with Gasteiger partial charge in [0.15, 0.2) is 5.96 Å². The summed E-state index contributed by atoms with van der Waals surface area (Å²) in [6, 6.07) is 14.7. The van der Waals surface area contributed by atoms with Gasteiger partial charge in [-0.05, 0) is 80.7 Å². The van der Waals surface area contributed by atoms with Crippen molar-refractivity contribution in [1.29, 1.82) is 0 Å². The largest absolute Gasteiger partial charge is 0.497 e. The number of nitrogens with one attached hydrogen (secondary N) is 1. The van der Waals surface area contributed by atoms with Gasteiger partial charge < -0.3 is 15.8 Å². The molecule has 2 aromatic rings. The van der Waals surface area contributed by atoms with Crippen LogP contribution in [0.5, 0.6) is 5.75 Å². The van der Waals surface area contributed by atoms with E-state index in [0.29, 0.717) is 12.5 Å². The van der Waals surface area contributed by atoms with E-state index in [1.54, 1.807) is 7.11 Å². The van der Waals surface area contributed by atoms with Crippen LogP contribution in [0.3, 0.4) is 0 Å². The fraction of sp³-hybridized carbons (Fsp3) is 0.409. The number of nitrogens with zero attached hydrogens (tertiary/aromatic N) is 2. The van der Waals surface area contributed by atoms with Crippen LogP contribution in [0.15, 0.2) is 47.5 Å². The van der Waals surface area contributed by atoms with E-state index in [9.17, 15) is 0 Å². The third-order valence-electron chi connectivity index (χ3n) is 5.30. The monoisotopic (exact) mass is 494 g/mol. The van der Waals surface area contributed by atoms with E-state index in [1.165, 1.54) is 29.5 Å². The molecule has 2 aromatic carbocycles. The molecule has 0 bridgehead atoms. The molecule has 0 spiro atoms. The zero-order valence-corrected chi connectivity index (χ0v) is 19.3. The predicted molar refractivity (Wildman–Crippen MR) is 128 cm³/mol. The van der Waals surface area contributed by atoms with Gasteiger partial charge in [0.05, 0.1) is 19.7 Å². The quantitative estimate of drug-likeness (QED) is 0.353. The van der Waals surface area contributed by atoms with E-state index in [4.69, 9.17) is 10.5 Å². The number of benzene rings is 2. The second-order valence-electron chi connectivity index (χ2n) is 7.18. The molecule has 0 amide bonds. The normalized spacial score (nSPS) is 15.8. The van der Waals surface area contributed by atoms with Crippen LogP contribution < -0.4 is 15.8 Å². The number of likely N-dealkylation sites (tertiary alicyclic amines) is 1. The number of hydrogen-bond acceptors (Lipinski definition) is 3. The van der Waals surface area contributed by atoms with Crippen molar-refractivity contribution < 1.29 is 4.74 Å². The first-order valence-corrected chi connectivity index (χ1v) is 9.59. The third kappa shape index (κ3) is 5.85. The van der Waals surface area contributed by atoms with E-state index < -0.39 is 0 Å². The van der Waals surface area contributed by atoms with Crippen molar-refractivity contribution in [1.82, 2.24) is 4.90 Å². The van der Waals surface area contributed by atoms with Crippen molar-refractivity contribution in [2.75, 3.05) is 32.1 Å². The van der Waals surface area contributed by atoms with Crippen LogP contribution >= 0.6 is 24.0 Å². The van der Waals surface area contributed by atoms with Crippen molar-refractivity contribution in [3.63, 3.8) is 0 Å². The summed E-state index contributed by atoms with van der Waals surface area (Å²) in [4.78, 5) is 7.14. The van der Waals surface area contributed by atoms with E-state index in [-0.39, 0.29) is 30.0 Å². The van der Waals surface area contributed by atoms with E-state index in [0.717, 1.165) is 24.5 Å². The summed E-state index contributed by atoms with van der Waals surface area (Å²) < 4.78 is 5.29. The molecule has 1 saturated heterocycles. The molecule has 1 unspecified atom stereocenters. The van der Waals surface area contributed by atoms with Crippen LogP contribution in [0.1, 0.15) is 35.6 Å². The van der Waals surface area contributed by atoms with Crippen LogP contribution in [-0.4, -0.2) is 37.6 Å². The summed E-state index contributed by atoms with van der Waals surface area (Å²) in [5, 5.41) is 3.21. The number of rotatable bonds is 6. The first kappa shape index (κ1) is 22.5. The molecule has 28 heavy (non-hydrogen) atoms. The Morgan fingerprint density at radius 2 is 1.79 bits per heavy atom. The van der Waals surface area contributed by atoms with E-state index in [1.807, 2.05) is 18.2 Å². The lowest BCUT2D eigenvalue weighted by Gasteiger charge is -2.27. The van der Waals surface area contributed by atoms with Gasteiger partial charge in [-0.15, -0.1) is 24.0 Å². The Hall–Kier alpha value is -1.80. The average Bonchev–Trinajstić information content (AvgIpc) is 3.20. The highest BCUT2D eigenvalue weighted by Gasteiger charge is 2.23. The highest BCUT2D eigenvalue weighted by molar-refractivity contribution is 14.0. The number of aryl methyl sites for hydroxylation is 2. The second-order valence-corrected chi connectivity index (χ2v) is 7.18. The molecule has 3 N–H and O–H groups in total. The number of nitrogens with two attached hydrogens (primary N) is 1. The Balaban J connectivity index is 0.00000280. The van der Waals surface area contributed by atoms with Crippen molar-refractivity contribution >= 4 is 35.6 Å². The fourth-order valence-electron chi connectivity index (χ4n) is 3.50. The number of guanidine groups is 1. The Morgan fingerprint density at radius 1 is 1.11 bits per heavy atom. The molecule has 1 aliphatic heterocycles. The molecule has 0 aromatic heterocycles. The molecular formula is C22H31IN4O. The summed E-state index contributed by atoms with van der Waals surface area (Å²) in [6.45, 7) is 7.05. The number of ether oxygens (including phenoxy) is 1. The van der Waals surface area contributed by atoms with Crippen LogP contribution in [0.2, 0.25) is 0 Å². The van der Waals surface area contributed by atoms with Crippen LogP contribution in [-0.2, 0) is 0 Å². The van der Waals surface area contributed by atoms with Gasteiger partial charge in [-0.3, -0.25) is 9.89 Å². The predicted octanol–water partition coefficient (Wildman–Crippen LogP) is 4.49. The molecule has 1 aliphatic rings. The summed E-state index contributed by atoms with van der Waals surface area (Å²) >= 11 is 0. The van der Waals surface area contributed by atoms with Gasteiger partial charge in [0.25, 0.3) is 0 Å². The zero-order valence-electron chi connectivity index (χ0n) is 16.9. The number of aliphatic imine (C=N–C) groups is 1. The van der Waals surface area contributed by atoms with Gasteiger partial charge in [0, 0.05) is 5.69 Å². The van der Waals surface area contributed by atoms with Gasteiger partial charge >= 0.3 is 0 Å². The topological polar surface area (TPSA) is 62.9 Å². The van der Waals surface area contributed by atoms with E-state index >= 15 is 0 Å². The molecule has 1 heterocycles. The van der Waals surface area contributed by atoms with Gasteiger partial charge in [0.2, 0.25) is 0 Å². The van der Waals surface area contributed by atoms with Gasteiger partial charge in [-0.1, -0.05) is 18.2 Å². The zero-order chi connectivity index (χ0) is 19.2. The minimum Gasteiger partial charge on any atom is -0.497 e. The van der Waals surface area contributed by atoms with Gasteiger partial charge in [-0.25, -0.2) is 0 Å². The lowest BCUT2D eigenvalue weighted by molar-refractivity contribution is 0.251. The van der Waals surface area contributed by atoms with Crippen LogP contribution in [0.4, 0.5) is 5.69 Å². The van der Waals surface area contributed by atoms with Crippen molar-refractivity contribution in [3.05, 3.63) is 59.2 Å². The maximum absolute atomic E-state index is 6.16. The Morgan fingerprint density at radius 3 is 2.39 bits per heavy atom. The maximum Gasteiger partial charge on any atom is 0.193 e. The number of anilines is 1. The van der Waals surface area contributed by atoms with Crippen LogP contribution in [0, 0.1) is 13.8 Å². The maximum atomic E-state index is 6.16. The number of methoxy groups -OCH3 is 1.